The molecule has 0 aromatic heterocycles. The first kappa shape index (κ1) is 39.3. The van der Waals surface area contributed by atoms with Gasteiger partial charge in [0.2, 0.25) is 0 Å². The smallest absolute Gasteiger partial charge is 0.412 e. The molecular formula is C10H22FeN2NaO11+4. The van der Waals surface area contributed by atoms with E-state index in [1.807, 2.05) is 0 Å². The third-order valence-corrected chi connectivity index (χ3v) is 1.39. The molecule has 0 saturated heterocycles. The van der Waals surface area contributed by atoms with Crippen LogP contribution in [0.2, 0.25) is 0 Å². The Labute approximate surface area is 176 Å². The maximum Gasteiger partial charge on any atom is 3.00 e. The van der Waals surface area contributed by atoms with Gasteiger partial charge in [-0.25, -0.2) is 0 Å². The molecule has 143 valence electrons. The fraction of sp³-hybridized carbons (Fsp3) is 0.600. The number of hydrogen-bond acceptors (Lipinski definition) is 10. The van der Waals surface area contributed by atoms with Gasteiger partial charge in [0.15, 0.2) is 0 Å². The molecule has 25 heavy (non-hydrogen) atoms. The standard InChI is InChI=1S/C10H16N2O8.Fe.Na.3H2O/c1-7(13)17-11(18-8(2)14)5-6-12(19-9(3)15)20-10(4)16;;;;;/h5-6H2,1-4H3;;;3*1H2/q;+3;+1;;;. The van der Waals surface area contributed by atoms with Crippen LogP contribution in [0.3, 0.4) is 0 Å². The normalized spacial score (nSPS) is 8.08. The second-order valence-electron chi connectivity index (χ2n) is 3.44. The zero-order chi connectivity index (χ0) is 15.7. The summed E-state index contributed by atoms with van der Waals surface area (Å²) in [5.74, 6) is -2.90. The van der Waals surface area contributed by atoms with Gasteiger partial charge in [0.1, 0.15) is 0 Å². The van der Waals surface area contributed by atoms with Crippen molar-refractivity contribution in [3.63, 3.8) is 0 Å². The van der Waals surface area contributed by atoms with Crippen molar-refractivity contribution in [3.8, 4) is 0 Å². The van der Waals surface area contributed by atoms with Crippen LogP contribution >= 0.6 is 0 Å². The van der Waals surface area contributed by atoms with E-state index in [1.165, 1.54) is 0 Å². The molecule has 0 unspecified atom stereocenters. The summed E-state index contributed by atoms with van der Waals surface area (Å²) in [6.07, 6.45) is 0. The monoisotopic (exact) mass is 425 g/mol. The largest absolute Gasteiger partial charge is 3.00 e. The fourth-order valence-corrected chi connectivity index (χ4v) is 0.957. The summed E-state index contributed by atoms with van der Waals surface area (Å²) in [5.41, 5.74) is 0. The van der Waals surface area contributed by atoms with Crippen LogP contribution in [-0.4, -0.2) is 63.8 Å². The van der Waals surface area contributed by atoms with Gasteiger partial charge in [0, 0.05) is 38.1 Å². The van der Waals surface area contributed by atoms with Crippen molar-refractivity contribution in [1.82, 2.24) is 10.5 Å². The zero-order valence-electron chi connectivity index (χ0n) is 14.4. The van der Waals surface area contributed by atoms with Crippen LogP contribution in [0.4, 0.5) is 0 Å². The summed E-state index contributed by atoms with van der Waals surface area (Å²) in [6.45, 7) is 3.97. The molecule has 0 aliphatic heterocycles. The van der Waals surface area contributed by atoms with Crippen LogP contribution in [0, 0.1) is 0 Å². The van der Waals surface area contributed by atoms with E-state index < -0.39 is 23.9 Å². The van der Waals surface area contributed by atoms with Crippen molar-refractivity contribution in [2.75, 3.05) is 13.1 Å². The molecule has 0 aliphatic rings. The number of hydroxylamine groups is 4. The topological polar surface area (TPSA) is 206 Å². The van der Waals surface area contributed by atoms with Crippen LogP contribution in [0.5, 0.6) is 0 Å². The quantitative estimate of drug-likeness (QED) is 0.279. The SMILES string of the molecule is CC(=O)ON(CCN(OC(C)=O)OC(C)=O)OC(C)=O.O.O.O.[Fe+3].[Na+]. The molecule has 0 saturated carbocycles. The van der Waals surface area contributed by atoms with Crippen LogP contribution in [0.25, 0.3) is 0 Å². The van der Waals surface area contributed by atoms with E-state index in [-0.39, 0.29) is 76.1 Å². The summed E-state index contributed by atoms with van der Waals surface area (Å²) in [5, 5.41) is 1.15. The van der Waals surface area contributed by atoms with E-state index in [4.69, 9.17) is 0 Å². The minimum atomic E-state index is -0.724. The Hall–Kier alpha value is -0.801. The van der Waals surface area contributed by atoms with E-state index in [1.54, 1.807) is 0 Å². The van der Waals surface area contributed by atoms with E-state index in [0.29, 0.717) is 10.5 Å². The van der Waals surface area contributed by atoms with Gasteiger partial charge in [0.05, 0.1) is 13.1 Å². The van der Waals surface area contributed by atoms with Crippen molar-refractivity contribution in [2.24, 2.45) is 0 Å². The van der Waals surface area contributed by atoms with Crippen molar-refractivity contribution >= 4 is 23.9 Å². The molecule has 0 amide bonds. The number of nitrogens with zero attached hydrogens (tertiary/aromatic N) is 2. The molecule has 1 radical (unpaired) electrons. The van der Waals surface area contributed by atoms with Gasteiger partial charge in [-0.1, -0.05) is 0 Å². The summed E-state index contributed by atoms with van der Waals surface area (Å²) in [7, 11) is 0. The molecule has 0 atom stereocenters. The fourth-order valence-electron chi connectivity index (χ4n) is 0.957. The molecule has 0 aliphatic carbocycles. The summed E-state index contributed by atoms with van der Waals surface area (Å²) >= 11 is 0. The van der Waals surface area contributed by atoms with Gasteiger partial charge < -0.3 is 35.8 Å². The molecule has 0 heterocycles. The van der Waals surface area contributed by atoms with Gasteiger partial charge in [-0.05, 0) is 0 Å². The molecule has 6 N–H and O–H groups in total. The number of carbonyl (C=O) groups is 4. The first-order valence-corrected chi connectivity index (χ1v) is 5.50. The Balaban J connectivity index is -0.000000180. The summed E-state index contributed by atoms with van der Waals surface area (Å²) in [6, 6.07) is 0. The second kappa shape index (κ2) is 21.2. The van der Waals surface area contributed by atoms with Crippen LogP contribution in [-0.2, 0) is 55.6 Å². The zero-order valence-corrected chi connectivity index (χ0v) is 17.5. The van der Waals surface area contributed by atoms with Crippen LogP contribution in [0.15, 0.2) is 0 Å². The van der Waals surface area contributed by atoms with Crippen molar-refractivity contribution in [3.05, 3.63) is 0 Å². The summed E-state index contributed by atoms with van der Waals surface area (Å²) in [4.78, 5) is 61.4. The Bertz CT molecular complexity index is 331. The minimum Gasteiger partial charge on any atom is -0.412 e. The van der Waals surface area contributed by atoms with Gasteiger partial charge >= 0.3 is 70.5 Å². The Morgan fingerprint density at radius 2 is 0.760 bits per heavy atom. The van der Waals surface area contributed by atoms with E-state index in [0.717, 1.165) is 27.7 Å². The van der Waals surface area contributed by atoms with E-state index in [2.05, 4.69) is 19.4 Å². The van der Waals surface area contributed by atoms with Gasteiger partial charge in [-0.15, -0.1) is 0 Å². The number of carbonyl (C=O) groups excluding carboxylic acids is 4. The molecular weight excluding hydrogens is 403 g/mol. The summed E-state index contributed by atoms with van der Waals surface area (Å²) < 4.78 is 0. The molecule has 0 rings (SSSR count). The van der Waals surface area contributed by atoms with E-state index in [9.17, 15) is 19.2 Å². The van der Waals surface area contributed by atoms with Gasteiger partial charge in [-0.2, -0.15) is 0 Å². The molecule has 13 nitrogen and oxygen atoms in total. The molecule has 0 spiro atoms. The van der Waals surface area contributed by atoms with Crippen molar-refractivity contribution in [2.45, 2.75) is 27.7 Å². The first-order valence-electron chi connectivity index (χ1n) is 5.50. The molecule has 0 aromatic carbocycles. The van der Waals surface area contributed by atoms with Gasteiger partial charge in [-0.3, -0.25) is 19.2 Å². The molecule has 0 fully saturated rings. The Kier molecular flexibility index (Phi) is 33.4. The Morgan fingerprint density at radius 3 is 0.880 bits per heavy atom. The Morgan fingerprint density at radius 1 is 0.600 bits per heavy atom. The first-order chi connectivity index (χ1) is 9.20. The third-order valence-electron chi connectivity index (χ3n) is 1.39. The number of hydrogen-bond donors (Lipinski definition) is 0. The van der Waals surface area contributed by atoms with Crippen molar-refractivity contribution < 1.29 is 102 Å². The average Bonchev–Trinajstić information content (AvgIpc) is 2.22. The minimum absolute atomic E-state index is 0. The maximum absolute atomic E-state index is 10.8. The van der Waals surface area contributed by atoms with Crippen molar-refractivity contribution in [1.29, 1.82) is 0 Å². The average molecular weight is 425 g/mol. The van der Waals surface area contributed by atoms with E-state index >= 15 is 0 Å². The molecule has 0 aromatic rings. The molecule has 15 heteroatoms. The maximum atomic E-state index is 10.8. The number of rotatable bonds is 7. The van der Waals surface area contributed by atoms with Gasteiger partial charge in [0.25, 0.3) is 0 Å². The van der Waals surface area contributed by atoms with Crippen LogP contribution in [0.1, 0.15) is 27.7 Å². The predicted octanol–water partition coefficient (Wildman–Crippen LogP) is -5.97. The molecule has 0 bridgehead atoms. The van der Waals surface area contributed by atoms with Crippen LogP contribution < -0.4 is 29.6 Å². The third kappa shape index (κ3) is 25.6. The second-order valence-corrected chi connectivity index (χ2v) is 3.44. The predicted molar refractivity (Wildman–Crippen MR) is 71.3 cm³/mol.